The summed E-state index contributed by atoms with van der Waals surface area (Å²) < 4.78 is 10.8. The Kier molecular flexibility index (Phi) is 5.51. The van der Waals surface area contributed by atoms with Crippen molar-refractivity contribution in [3.8, 4) is 5.75 Å². The molecule has 1 unspecified atom stereocenters. The normalized spacial score (nSPS) is 23.7. The molecule has 142 valence electrons. The van der Waals surface area contributed by atoms with Crippen LogP contribution in [0.2, 0.25) is 0 Å². The second-order valence-electron chi connectivity index (χ2n) is 7.36. The Morgan fingerprint density at radius 3 is 2.50 bits per heavy atom. The summed E-state index contributed by atoms with van der Waals surface area (Å²) in [5, 5.41) is 2.87. The summed E-state index contributed by atoms with van der Waals surface area (Å²) in [5.74, 6) is 0.814. The van der Waals surface area contributed by atoms with Gasteiger partial charge >= 0.3 is 6.03 Å². The number of nitrogens with zero attached hydrogens (tertiary/aromatic N) is 1. The van der Waals surface area contributed by atoms with Crippen LogP contribution in [-0.4, -0.2) is 49.7 Å². The van der Waals surface area contributed by atoms with Crippen molar-refractivity contribution in [2.45, 2.75) is 44.6 Å². The van der Waals surface area contributed by atoms with Crippen LogP contribution in [0.25, 0.3) is 0 Å². The lowest BCUT2D eigenvalue weighted by Crippen LogP contribution is -2.47. The molecule has 6 heteroatoms. The van der Waals surface area contributed by atoms with E-state index in [2.05, 4.69) is 5.32 Å². The monoisotopic (exact) mass is 360 g/mol. The highest BCUT2D eigenvalue weighted by molar-refractivity contribution is 6.04. The standard InChI is InChI=1S/C20H28N2O4/c1-4-14(2)17-18(23)22(19(24)21-17)13-20(9-11-26-12-10-20)15-5-7-16(25-3)8-6-15/h5-8,14,17H,4,9-13H2,1-3H3,(H,21,24)/t14?,17-/m1/s1. The van der Waals surface area contributed by atoms with Crippen molar-refractivity contribution < 1.29 is 19.1 Å². The van der Waals surface area contributed by atoms with E-state index in [0.717, 1.165) is 30.6 Å². The molecule has 0 aliphatic carbocycles. The van der Waals surface area contributed by atoms with Crippen molar-refractivity contribution >= 4 is 11.9 Å². The molecule has 3 amide bonds. The predicted molar refractivity (Wildman–Crippen MR) is 98.2 cm³/mol. The van der Waals surface area contributed by atoms with Crippen LogP contribution in [0.4, 0.5) is 4.79 Å². The van der Waals surface area contributed by atoms with E-state index in [0.29, 0.717) is 19.8 Å². The number of benzene rings is 1. The minimum Gasteiger partial charge on any atom is -0.497 e. The van der Waals surface area contributed by atoms with Gasteiger partial charge in [0.1, 0.15) is 11.8 Å². The third-order valence-corrected chi connectivity index (χ3v) is 5.88. The molecular weight excluding hydrogens is 332 g/mol. The van der Waals surface area contributed by atoms with Crippen molar-refractivity contribution in [2.24, 2.45) is 5.92 Å². The number of urea groups is 1. The maximum atomic E-state index is 12.9. The third-order valence-electron chi connectivity index (χ3n) is 5.88. The molecule has 2 fully saturated rings. The molecule has 3 rings (SSSR count). The van der Waals surface area contributed by atoms with Gasteiger partial charge in [0, 0.05) is 25.2 Å². The van der Waals surface area contributed by atoms with Crippen molar-refractivity contribution in [3.63, 3.8) is 0 Å². The quantitative estimate of drug-likeness (QED) is 0.792. The molecule has 2 saturated heterocycles. The minimum atomic E-state index is -0.416. The first kappa shape index (κ1) is 18.7. The summed E-state index contributed by atoms with van der Waals surface area (Å²) in [4.78, 5) is 26.8. The predicted octanol–water partition coefficient (Wildman–Crippen LogP) is 2.71. The third kappa shape index (κ3) is 3.43. The number of carbonyl (C=O) groups is 2. The number of rotatable bonds is 6. The molecule has 2 aliphatic rings. The molecule has 1 aromatic rings. The number of nitrogens with one attached hydrogen (secondary N) is 1. The maximum absolute atomic E-state index is 12.9. The Labute approximate surface area is 154 Å². The van der Waals surface area contributed by atoms with Gasteiger partial charge in [0.2, 0.25) is 0 Å². The average Bonchev–Trinajstić information content (AvgIpc) is 2.96. The van der Waals surface area contributed by atoms with Crippen molar-refractivity contribution in [1.29, 1.82) is 0 Å². The van der Waals surface area contributed by atoms with Gasteiger partial charge < -0.3 is 14.8 Å². The first-order chi connectivity index (χ1) is 12.5. The lowest BCUT2D eigenvalue weighted by molar-refractivity contribution is -0.129. The Hall–Kier alpha value is -2.08. The number of methoxy groups -OCH3 is 1. The van der Waals surface area contributed by atoms with Gasteiger partial charge in [0.25, 0.3) is 5.91 Å². The van der Waals surface area contributed by atoms with Crippen LogP contribution in [0.15, 0.2) is 24.3 Å². The lowest BCUT2D eigenvalue weighted by atomic mass is 9.73. The van der Waals surface area contributed by atoms with E-state index in [1.165, 1.54) is 4.90 Å². The Balaban J connectivity index is 1.86. The number of carbonyl (C=O) groups excluding carboxylic acids is 2. The van der Waals surface area contributed by atoms with E-state index in [-0.39, 0.29) is 23.3 Å². The topological polar surface area (TPSA) is 67.9 Å². The SMILES string of the molecule is CCC(C)[C@H]1NC(=O)N(CC2(c3ccc(OC)cc3)CCOCC2)C1=O. The second kappa shape index (κ2) is 7.66. The van der Waals surface area contributed by atoms with Gasteiger partial charge in [0.15, 0.2) is 0 Å². The summed E-state index contributed by atoms with van der Waals surface area (Å²) in [7, 11) is 1.64. The number of amides is 3. The lowest BCUT2D eigenvalue weighted by Gasteiger charge is -2.39. The van der Waals surface area contributed by atoms with E-state index in [4.69, 9.17) is 9.47 Å². The van der Waals surface area contributed by atoms with Crippen molar-refractivity contribution in [3.05, 3.63) is 29.8 Å². The molecule has 0 saturated carbocycles. The smallest absolute Gasteiger partial charge is 0.324 e. The first-order valence-corrected chi connectivity index (χ1v) is 9.35. The zero-order chi connectivity index (χ0) is 18.7. The molecule has 2 heterocycles. The second-order valence-corrected chi connectivity index (χ2v) is 7.36. The van der Waals surface area contributed by atoms with E-state index < -0.39 is 6.04 Å². The Bertz CT molecular complexity index is 652. The van der Waals surface area contributed by atoms with Gasteiger partial charge in [-0.15, -0.1) is 0 Å². The van der Waals surface area contributed by atoms with Crippen LogP contribution in [0, 0.1) is 5.92 Å². The Morgan fingerprint density at radius 2 is 1.92 bits per heavy atom. The van der Waals surface area contributed by atoms with Crippen LogP contribution < -0.4 is 10.1 Å². The average molecular weight is 360 g/mol. The molecule has 2 atom stereocenters. The van der Waals surface area contributed by atoms with Crippen LogP contribution in [0.5, 0.6) is 5.75 Å². The fourth-order valence-corrected chi connectivity index (χ4v) is 3.86. The molecule has 6 nitrogen and oxygen atoms in total. The van der Waals surface area contributed by atoms with Crippen LogP contribution in [0.1, 0.15) is 38.7 Å². The molecule has 26 heavy (non-hydrogen) atoms. The van der Waals surface area contributed by atoms with E-state index >= 15 is 0 Å². The maximum Gasteiger partial charge on any atom is 0.324 e. The van der Waals surface area contributed by atoms with Crippen LogP contribution in [-0.2, 0) is 14.9 Å². The van der Waals surface area contributed by atoms with Gasteiger partial charge in [-0.2, -0.15) is 0 Å². The Morgan fingerprint density at radius 1 is 1.27 bits per heavy atom. The van der Waals surface area contributed by atoms with Crippen molar-refractivity contribution in [2.75, 3.05) is 26.9 Å². The molecule has 0 aromatic heterocycles. The highest BCUT2D eigenvalue weighted by atomic mass is 16.5. The summed E-state index contributed by atoms with van der Waals surface area (Å²) in [5.41, 5.74) is 0.844. The summed E-state index contributed by atoms with van der Waals surface area (Å²) >= 11 is 0. The van der Waals surface area contributed by atoms with Gasteiger partial charge in [-0.05, 0) is 36.5 Å². The fraction of sp³-hybridized carbons (Fsp3) is 0.600. The van der Waals surface area contributed by atoms with E-state index in [1.807, 2.05) is 38.1 Å². The molecule has 2 aliphatic heterocycles. The number of hydrogen-bond acceptors (Lipinski definition) is 4. The van der Waals surface area contributed by atoms with E-state index in [9.17, 15) is 9.59 Å². The first-order valence-electron chi connectivity index (χ1n) is 9.35. The summed E-state index contributed by atoms with van der Waals surface area (Å²) in [6, 6.07) is 7.24. The highest BCUT2D eigenvalue weighted by Crippen LogP contribution is 2.37. The zero-order valence-electron chi connectivity index (χ0n) is 15.8. The van der Waals surface area contributed by atoms with Gasteiger partial charge in [-0.1, -0.05) is 32.4 Å². The van der Waals surface area contributed by atoms with Crippen LogP contribution in [0.3, 0.4) is 0 Å². The van der Waals surface area contributed by atoms with Gasteiger partial charge in [0.05, 0.1) is 7.11 Å². The van der Waals surface area contributed by atoms with Crippen molar-refractivity contribution in [1.82, 2.24) is 10.2 Å². The largest absolute Gasteiger partial charge is 0.497 e. The highest BCUT2D eigenvalue weighted by Gasteiger charge is 2.45. The molecule has 0 bridgehead atoms. The summed E-state index contributed by atoms with van der Waals surface area (Å²) in [6.07, 6.45) is 2.41. The zero-order valence-corrected chi connectivity index (χ0v) is 15.8. The molecule has 0 radical (unpaired) electrons. The number of hydrogen-bond donors (Lipinski definition) is 1. The molecule has 0 spiro atoms. The minimum absolute atomic E-state index is 0.108. The van der Waals surface area contributed by atoms with Gasteiger partial charge in [-0.25, -0.2) is 4.79 Å². The molecule has 1 N–H and O–H groups in total. The fourth-order valence-electron chi connectivity index (χ4n) is 3.86. The number of imide groups is 1. The summed E-state index contributed by atoms with van der Waals surface area (Å²) in [6.45, 7) is 5.68. The van der Waals surface area contributed by atoms with E-state index in [1.54, 1.807) is 7.11 Å². The van der Waals surface area contributed by atoms with Gasteiger partial charge in [-0.3, -0.25) is 9.69 Å². The van der Waals surface area contributed by atoms with Crippen LogP contribution >= 0.6 is 0 Å². The number of ether oxygens (including phenoxy) is 2. The molecular formula is C20H28N2O4. The molecule has 1 aromatic carbocycles.